The molecule has 0 saturated heterocycles. The monoisotopic (exact) mass is 262 g/mol. The van der Waals surface area contributed by atoms with E-state index in [2.05, 4.69) is 0 Å². The fraction of sp³-hybridized carbons (Fsp3) is 0.0625. The van der Waals surface area contributed by atoms with Gasteiger partial charge in [0.15, 0.2) is 0 Å². The summed E-state index contributed by atoms with van der Waals surface area (Å²) in [7, 11) is 0. The molecule has 3 rings (SSSR count). The second kappa shape index (κ2) is 4.63. The van der Waals surface area contributed by atoms with E-state index in [1.54, 1.807) is 42.5 Å². The van der Waals surface area contributed by atoms with Crippen molar-refractivity contribution in [2.45, 2.75) is 6.42 Å². The Kier molecular flexibility index (Phi) is 2.81. The first kappa shape index (κ1) is 12.1. The average Bonchev–Trinajstić information content (AvgIpc) is 2.47. The lowest BCUT2D eigenvalue weighted by molar-refractivity contribution is -0.117. The fourth-order valence-electron chi connectivity index (χ4n) is 2.33. The number of hydrogen-bond donors (Lipinski definition) is 0. The van der Waals surface area contributed by atoms with E-state index in [1.807, 2.05) is 12.1 Å². The molecule has 1 aliphatic heterocycles. The minimum absolute atomic E-state index is 0.193. The number of fused-ring (bicyclic) bond motifs is 1. The molecular weight excluding hydrogens is 252 g/mol. The maximum atomic E-state index is 12.4. The van der Waals surface area contributed by atoms with Crippen LogP contribution in [0.2, 0.25) is 0 Å². The fourth-order valence-corrected chi connectivity index (χ4v) is 2.33. The van der Waals surface area contributed by atoms with Gasteiger partial charge in [-0.3, -0.25) is 9.59 Å². The second-order valence-electron chi connectivity index (χ2n) is 4.53. The Morgan fingerprint density at radius 1 is 1.05 bits per heavy atom. The lowest BCUT2D eigenvalue weighted by Gasteiger charge is -2.26. The van der Waals surface area contributed by atoms with Crippen LogP contribution >= 0.6 is 0 Å². The van der Waals surface area contributed by atoms with Gasteiger partial charge in [0.1, 0.15) is 0 Å². The SMILES string of the molecule is N#Cc1cccc(N2C(=O)Cc3ccccc3C2=O)c1. The highest BCUT2D eigenvalue weighted by Gasteiger charge is 2.31. The molecule has 0 saturated carbocycles. The van der Waals surface area contributed by atoms with Crippen molar-refractivity contribution in [3.8, 4) is 6.07 Å². The molecule has 0 unspecified atom stereocenters. The number of imide groups is 1. The lowest BCUT2D eigenvalue weighted by atomic mass is 9.98. The third kappa shape index (κ3) is 1.86. The number of rotatable bonds is 1. The van der Waals surface area contributed by atoms with Gasteiger partial charge in [-0.05, 0) is 29.8 Å². The summed E-state index contributed by atoms with van der Waals surface area (Å²) < 4.78 is 0. The molecule has 0 aromatic heterocycles. The van der Waals surface area contributed by atoms with E-state index in [1.165, 1.54) is 0 Å². The summed E-state index contributed by atoms with van der Waals surface area (Å²) in [6, 6.07) is 15.6. The maximum absolute atomic E-state index is 12.4. The Hall–Kier alpha value is -2.93. The Bertz CT molecular complexity index is 759. The highest BCUT2D eigenvalue weighted by molar-refractivity contribution is 6.24. The third-order valence-electron chi connectivity index (χ3n) is 3.28. The van der Waals surface area contributed by atoms with Crippen molar-refractivity contribution in [2.75, 3.05) is 4.90 Å². The number of anilines is 1. The van der Waals surface area contributed by atoms with Gasteiger partial charge in [0.25, 0.3) is 5.91 Å². The summed E-state index contributed by atoms with van der Waals surface area (Å²) in [5, 5.41) is 8.91. The summed E-state index contributed by atoms with van der Waals surface area (Å²) in [6.07, 6.45) is 0.193. The van der Waals surface area contributed by atoms with Gasteiger partial charge in [-0.25, -0.2) is 4.90 Å². The van der Waals surface area contributed by atoms with Gasteiger partial charge < -0.3 is 0 Å². The van der Waals surface area contributed by atoms with Crippen molar-refractivity contribution < 1.29 is 9.59 Å². The number of nitriles is 1. The van der Waals surface area contributed by atoms with Crippen LogP contribution in [0.4, 0.5) is 5.69 Å². The normalized spacial score (nSPS) is 13.8. The van der Waals surface area contributed by atoms with Gasteiger partial charge in [-0.2, -0.15) is 5.26 Å². The van der Waals surface area contributed by atoms with E-state index in [4.69, 9.17) is 5.26 Å². The molecule has 0 atom stereocenters. The molecule has 2 aromatic carbocycles. The predicted molar refractivity (Wildman–Crippen MR) is 73.1 cm³/mol. The number of benzene rings is 2. The van der Waals surface area contributed by atoms with Gasteiger partial charge in [-0.1, -0.05) is 24.3 Å². The van der Waals surface area contributed by atoms with E-state index in [-0.39, 0.29) is 18.2 Å². The summed E-state index contributed by atoms with van der Waals surface area (Å²) in [5.41, 5.74) is 2.14. The Morgan fingerprint density at radius 3 is 2.65 bits per heavy atom. The Morgan fingerprint density at radius 2 is 1.85 bits per heavy atom. The Labute approximate surface area is 115 Å². The zero-order chi connectivity index (χ0) is 14.1. The molecule has 1 aliphatic rings. The molecule has 0 aliphatic carbocycles. The van der Waals surface area contributed by atoms with Gasteiger partial charge in [-0.15, -0.1) is 0 Å². The average molecular weight is 262 g/mol. The molecule has 0 radical (unpaired) electrons. The van der Waals surface area contributed by atoms with Crippen molar-refractivity contribution in [2.24, 2.45) is 0 Å². The van der Waals surface area contributed by atoms with Gasteiger partial charge in [0.05, 0.1) is 23.7 Å². The van der Waals surface area contributed by atoms with Crippen molar-refractivity contribution in [1.82, 2.24) is 0 Å². The molecule has 4 nitrogen and oxygen atoms in total. The molecule has 0 fully saturated rings. The summed E-state index contributed by atoms with van der Waals surface area (Å²) >= 11 is 0. The van der Waals surface area contributed by atoms with Crippen LogP contribution in [0.1, 0.15) is 21.5 Å². The second-order valence-corrected chi connectivity index (χ2v) is 4.53. The van der Waals surface area contributed by atoms with Crippen LogP contribution in [0, 0.1) is 11.3 Å². The maximum Gasteiger partial charge on any atom is 0.265 e. The van der Waals surface area contributed by atoms with E-state index < -0.39 is 0 Å². The first-order chi connectivity index (χ1) is 9.70. The number of nitrogens with zero attached hydrogens (tertiary/aromatic N) is 2. The first-order valence-corrected chi connectivity index (χ1v) is 6.16. The van der Waals surface area contributed by atoms with Gasteiger partial charge in [0.2, 0.25) is 5.91 Å². The van der Waals surface area contributed by atoms with Crippen LogP contribution in [0.15, 0.2) is 48.5 Å². The quantitative estimate of drug-likeness (QED) is 0.741. The van der Waals surface area contributed by atoms with Crippen LogP contribution in [0.3, 0.4) is 0 Å². The summed E-state index contributed by atoms with van der Waals surface area (Å²) in [6.45, 7) is 0. The molecule has 2 amide bonds. The molecule has 0 bridgehead atoms. The smallest absolute Gasteiger partial charge is 0.265 e. The molecule has 4 heteroatoms. The molecular formula is C16H10N2O2. The zero-order valence-corrected chi connectivity index (χ0v) is 10.5. The van der Waals surface area contributed by atoms with E-state index in [0.29, 0.717) is 16.8 Å². The predicted octanol–water partition coefficient (Wildman–Crippen LogP) is 2.29. The van der Waals surface area contributed by atoms with Crippen LogP contribution in [0.25, 0.3) is 0 Å². The highest BCUT2D eigenvalue weighted by Crippen LogP contribution is 2.25. The molecule has 0 spiro atoms. The third-order valence-corrected chi connectivity index (χ3v) is 3.28. The van der Waals surface area contributed by atoms with Gasteiger partial charge in [0, 0.05) is 5.56 Å². The highest BCUT2D eigenvalue weighted by atomic mass is 16.2. The van der Waals surface area contributed by atoms with Crippen LogP contribution < -0.4 is 4.90 Å². The number of carbonyl (C=O) groups excluding carboxylic acids is 2. The van der Waals surface area contributed by atoms with E-state index >= 15 is 0 Å². The minimum Gasteiger partial charge on any atom is -0.274 e. The number of carbonyl (C=O) groups is 2. The number of hydrogen-bond acceptors (Lipinski definition) is 3. The standard InChI is InChI=1S/C16H10N2O2/c17-10-11-4-3-6-13(8-11)18-15(19)9-12-5-1-2-7-14(12)16(18)20/h1-8H,9H2. The van der Waals surface area contributed by atoms with Crippen LogP contribution in [-0.4, -0.2) is 11.8 Å². The van der Waals surface area contributed by atoms with Gasteiger partial charge >= 0.3 is 0 Å². The molecule has 2 aromatic rings. The molecule has 0 N–H and O–H groups in total. The molecule has 20 heavy (non-hydrogen) atoms. The van der Waals surface area contributed by atoms with Crippen LogP contribution in [-0.2, 0) is 11.2 Å². The van der Waals surface area contributed by atoms with Crippen molar-refractivity contribution >= 4 is 17.5 Å². The van der Waals surface area contributed by atoms with Crippen LogP contribution in [0.5, 0.6) is 0 Å². The van der Waals surface area contributed by atoms with Crippen molar-refractivity contribution in [3.05, 3.63) is 65.2 Å². The molecule has 96 valence electrons. The van der Waals surface area contributed by atoms with Crippen molar-refractivity contribution in [3.63, 3.8) is 0 Å². The first-order valence-electron chi connectivity index (χ1n) is 6.16. The van der Waals surface area contributed by atoms with E-state index in [9.17, 15) is 9.59 Å². The Balaban J connectivity index is 2.09. The topological polar surface area (TPSA) is 61.2 Å². The zero-order valence-electron chi connectivity index (χ0n) is 10.5. The van der Waals surface area contributed by atoms with E-state index in [0.717, 1.165) is 10.5 Å². The lowest BCUT2D eigenvalue weighted by Crippen LogP contribution is -2.42. The summed E-state index contributed by atoms with van der Waals surface area (Å²) in [5.74, 6) is -0.615. The largest absolute Gasteiger partial charge is 0.274 e. The number of amides is 2. The minimum atomic E-state index is -0.341. The summed E-state index contributed by atoms with van der Waals surface area (Å²) in [4.78, 5) is 25.8. The van der Waals surface area contributed by atoms with Crippen molar-refractivity contribution in [1.29, 1.82) is 5.26 Å². The molecule has 1 heterocycles.